The van der Waals surface area contributed by atoms with E-state index in [9.17, 15) is 24.3 Å². The number of rotatable bonds is 7. The van der Waals surface area contributed by atoms with Gasteiger partial charge in [0.2, 0.25) is 11.8 Å². The lowest BCUT2D eigenvalue weighted by Gasteiger charge is -2.17. The molecule has 0 aliphatic heterocycles. The molecule has 0 radical (unpaired) electrons. The fourth-order valence-electron chi connectivity index (χ4n) is 2.23. The van der Waals surface area contributed by atoms with Crippen molar-refractivity contribution >= 4 is 17.5 Å². The zero-order chi connectivity index (χ0) is 20.0. The minimum absolute atomic E-state index is 0.262. The Morgan fingerprint density at radius 1 is 1.26 bits per heavy atom. The number of aromatic nitrogens is 2. The summed E-state index contributed by atoms with van der Waals surface area (Å²) in [4.78, 5) is 49.4. The Kier molecular flexibility index (Phi) is 6.50. The van der Waals surface area contributed by atoms with Gasteiger partial charge in [0, 0.05) is 17.4 Å². The SMILES string of the molecule is COc1ccc(NC(=O)[C@H](CO)NC(=O)Cn2cc(C)c(=O)[nH]c2=O)cc1. The molecule has 2 aromatic rings. The number of anilines is 1. The van der Waals surface area contributed by atoms with Gasteiger partial charge in [-0.1, -0.05) is 0 Å². The Bertz CT molecular complexity index is 932. The lowest BCUT2D eigenvalue weighted by molar-refractivity contribution is -0.127. The molecule has 27 heavy (non-hydrogen) atoms. The van der Waals surface area contributed by atoms with Gasteiger partial charge in [0.25, 0.3) is 5.56 Å². The first-order valence-corrected chi connectivity index (χ1v) is 7.99. The van der Waals surface area contributed by atoms with E-state index in [1.807, 2.05) is 0 Å². The molecular formula is C17H20N4O6. The number of methoxy groups -OCH3 is 1. The van der Waals surface area contributed by atoms with Crippen molar-refractivity contribution in [2.45, 2.75) is 19.5 Å². The van der Waals surface area contributed by atoms with Gasteiger partial charge in [-0.05, 0) is 31.2 Å². The lowest BCUT2D eigenvalue weighted by Crippen LogP contribution is -2.48. The van der Waals surface area contributed by atoms with Crippen molar-refractivity contribution in [1.82, 2.24) is 14.9 Å². The number of carbonyl (C=O) groups is 2. The van der Waals surface area contributed by atoms with Crippen molar-refractivity contribution in [3.05, 3.63) is 56.9 Å². The molecule has 0 aliphatic rings. The first-order valence-electron chi connectivity index (χ1n) is 7.99. The van der Waals surface area contributed by atoms with Crippen molar-refractivity contribution in [2.24, 2.45) is 0 Å². The van der Waals surface area contributed by atoms with Crippen LogP contribution in [0, 0.1) is 6.92 Å². The molecule has 1 aromatic carbocycles. The fraction of sp³-hybridized carbons (Fsp3) is 0.294. The zero-order valence-electron chi connectivity index (χ0n) is 14.8. The van der Waals surface area contributed by atoms with E-state index < -0.39 is 42.3 Å². The second-order valence-electron chi connectivity index (χ2n) is 5.72. The molecule has 2 rings (SSSR count). The Hall–Kier alpha value is -3.40. The summed E-state index contributed by atoms with van der Waals surface area (Å²) in [6.45, 7) is 0.446. The van der Waals surface area contributed by atoms with Crippen LogP contribution < -0.4 is 26.6 Å². The van der Waals surface area contributed by atoms with Crippen molar-refractivity contribution in [2.75, 3.05) is 19.0 Å². The summed E-state index contributed by atoms with van der Waals surface area (Å²) in [5.74, 6) is -0.685. The van der Waals surface area contributed by atoms with Crippen LogP contribution in [0.2, 0.25) is 0 Å². The van der Waals surface area contributed by atoms with Gasteiger partial charge >= 0.3 is 5.69 Å². The normalized spacial score (nSPS) is 11.5. The van der Waals surface area contributed by atoms with Crippen LogP contribution in [-0.2, 0) is 16.1 Å². The predicted molar refractivity (Wildman–Crippen MR) is 96.7 cm³/mol. The number of aliphatic hydroxyl groups excluding tert-OH is 1. The quantitative estimate of drug-likeness (QED) is 0.487. The molecule has 0 spiro atoms. The van der Waals surface area contributed by atoms with E-state index in [1.54, 1.807) is 24.3 Å². The van der Waals surface area contributed by atoms with Gasteiger partial charge in [0.15, 0.2) is 0 Å². The summed E-state index contributed by atoms with van der Waals surface area (Å²) in [5.41, 5.74) is -0.563. The Morgan fingerprint density at radius 3 is 2.52 bits per heavy atom. The predicted octanol–water partition coefficient (Wildman–Crippen LogP) is -1.03. The molecule has 1 aromatic heterocycles. The maximum Gasteiger partial charge on any atom is 0.328 e. The van der Waals surface area contributed by atoms with Crippen molar-refractivity contribution in [3.8, 4) is 5.75 Å². The Morgan fingerprint density at radius 2 is 1.93 bits per heavy atom. The third kappa shape index (κ3) is 5.28. The number of hydrogen-bond donors (Lipinski definition) is 4. The van der Waals surface area contributed by atoms with E-state index in [2.05, 4.69) is 15.6 Å². The third-order valence-corrected chi connectivity index (χ3v) is 3.69. The van der Waals surface area contributed by atoms with Gasteiger partial charge in [-0.3, -0.25) is 23.9 Å². The summed E-state index contributed by atoms with van der Waals surface area (Å²) >= 11 is 0. The molecule has 10 nitrogen and oxygen atoms in total. The molecule has 0 aliphatic carbocycles. The first kappa shape index (κ1) is 19.9. The van der Waals surface area contributed by atoms with Crippen LogP contribution in [0.3, 0.4) is 0 Å². The number of hydrogen-bond acceptors (Lipinski definition) is 6. The number of benzene rings is 1. The summed E-state index contributed by atoms with van der Waals surface area (Å²) in [5, 5.41) is 14.3. The molecule has 0 unspecified atom stereocenters. The van der Waals surface area contributed by atoms with Crippen LogP contribution in [0.25, 0.3) is 0 Å². The van der Waals surface area contributed by atoms with Crippen molar-refractivity contribution in [1.29, 1.82) is 0 Å². The van der Waals surface area contributed by atoms with Gasteiger partial charge in [-0.25, -0.2) is 4.79 Å². The second-order valence-corrected chi connectivity index (χ2v) is 5.72. The molecule has 144 valence electrons. The highest BCUT2D eigenvalue weighted by Gasteiger charge is 2.20. The molecule has 0 fully saturated rings. The molecule has 0 saturated carbocycles. The topological polar surface area (TPSA) is 143 Å². The largest absolute Gasteiger partial charge is 0.497 e. The minimum atomic E-state index is -1.21. The monoisotopic (exact) mass is 376 g/mol. The van der Waals surface area contributed by atoms with Crippen molar-refractivity contribution < 1.29 is 19.4 Å². The molecular weight excluding hydrogens is 356 g/mol. The molecule has 0 saturated heterocycles. The molecule has 4 N–H and O–H groups in total. The van der Waals surface area contributed by atoms with E-state index in [1.165, 1.54) is 20.2 Å². The van der Waals surface area contributed by atoms with Crippen LogP contribution in [0.1, 0.15) is 5.56 Å². The van der Waals surface area contributed by atoms with Crippen LogP contribution >= 0.6 is 0 Å². The maximum atomic E-state index is 12.2. The van der Waals surface area contributed by atoms with Gasteiger partial charge in [-0.2, -0.15) is 0 Å². The van der Waals surface area contributed by atoms with E-state index in [0.717, 1.165) is 4.57 Å². The van der Waals surface area contributed by atoms with Crippen LogP contribution in [0.15, 0.2) is 40.1 Å². The number of nitrogens with zero attached hydrogens (tertiary/aromatic N) is 1. The molecule has 1 atom stereocenters. The number of amides is 2. The maximum absolute atomic E-state index is 12.2. The van der Waals surface area contributed by atoms with Crippen LogP contribution in [-0.4, -0.2) is 46.2 Å². The minimum Gasteiger partial charge on any atom is -0.497 e. The van der Waals surface area contributed by atoms with Gasteiger partial charge in [-0.15, -0.1) is 0 Å². The zero-order valence-corrected chi connectivity index (χ0v) is 14.8. The van der Waals surface area contributed by atoms with E-state index in [0.29, 0.717) is 11.4 Å². The summed E-state index contributed by atoms with van der Waals surface area (Å²) in [6.07, 6.45) is 1.24. The summed E-state index contributed by atoms with van der Waals surface area (Å²) < 4.78 is 6.02. The Balaban J connectivity index is 2.01. The molecule has 0 bridgehead atoms. The number of aromatic amines is 1. The van der Waals surface area contributed by atoms with E-state index in [-0.39, 0.29) is 5.56 Å². The number of carbonyl (C=O) groups excluding carboxylic acids is 2. The van der Waals surface area contributed by atoms with E-state index in [4.69, 9.17) is 4.74 Å². The third-order valence-electron chi connectivity index (χ3n) is 3.69. The smallest absolute Gasteiger partial charge is 0.328 e. The highest BCUT2D eigenvalue weighted by Crippen LogP contribution is 2.15. The van der Waals surface area contributed by atoms with Crippen LogP contribution in [0.4, 0.5) is 5.69 Å². The number of aliphatic hydroxyl groups is 1. The standard InChI is InChI=1S/C17H20N4O6/c1-10-7-21(17(26)20-15(10)24)8-14(23)19-13(9-22)16(25)18-11-3-5-12(27-2)6-4-11/h3-7,13,22H,8-9H2,1-2H3,(H,18,25)(H,19,23)(H,20,24,26)/t13-/m0/s1. The Labute approximate surface area is 153 Å². The average molecular weight is 376 g/mol. The second kappa shape index (κ2) is 8.81. The number of ether oxygens (including phenoxy) is 1. The van der Waals surface area contributed by atoms with Crippen molar-refractivity contribution in [3.63, 3.8) is 0 Å². The fourth-order valence-corrected chi connectivity index (χ4v) is 2.23. The first-order chi connectivity index (χ1) is 12.8. The molecule has 1 heterocycles. The average Bonchev–Trinajstić information content (AvgIpc) is 2.64. The van der Waals surface area contributed by atoms with Gasteiger partial charge in [0.05, 0.1) is 13.7 Å². The number of nitrogens with one attached hydrogen (secondary N) is 3. The summed E-state index contributed by atoms with van der Waals surface area (Å²) in [7, 11) is 1.51. The highest BCUT2D eigenvalue weighted by atomic mass is 16.5. The van der Waals surface area contributed by atoms with Gasteiger partial charge in [0.1, 0.15) is 18.3 Å². The molecule has 10 heteroatoms. The van der Waals surface area contributed by atoms with E-state index >= 15 is 0 Å². The number of H-pyrrole nitrogens is 1. The molecule has 2 amide bonds. The summed E-state index contributed by atoms with van der Waals surface area (Å²) in [6, 6.07) is 5.30. The lowest BCUT2D eigenvalue weighted by atomic mass is 10.2. The van der Waals surface area contributed by atoms with Gasteiger partial charge < -0.3 is 20.5 Å². The number of aryl methyl sites for hydroxylation is 1. The van der Waals surface area contributed by atoms with Crippen LogP contribution in [0.5, 0.6) is 5.75 Å². The highest BCUT2D eigenvalue weighted by molar-refractivity contribution is 5.97.